The first-order valence-corrected chi connectivity index (χ1v) is 13.5. The fourth-order valence-electron chi connectivity index (χ4n) is 4.39. The van der Waals surface area contributed by atoms with Crippen LogP contribution in [0.2, 0.25) is 0 Å². The van der Waals surface area contributed by atoms with Gasteiger partial charge in [-0.15, -0.1) is 0 Å². The average Bonchev–Trinajstić information content (AvgIpc) is 3.55. The number of hydrogen-bond acceptors (Lipinski definition) is 7. The summed E-state index contributed by atoms with van der Waals surface area (Å²) in [6, 6.07) is 8.83. The van der Waals surface area contributed by atoms with Crippen molar-refractivity contribution in [3.8, 4) is 11.5 Å². The molecule has 1 aromatic heterocycles. The summed E-state index contributed by atoms with van der Waals surface area (Å²) in [5.41, 5.74) is 0.947. The standard InChI is InChI=1S/C23H29N3O5S2/c1-30-17-7-9-21(31-2)19(14-17)20-6-5-13-26(20)23(27)16-32-22-10-8-18(15-24-22)33(28,29)25-11-3-4-12-25/h7-10,14-15,20H,3-6,11-13,16H2,1-2H3. The van der Waals surface area contributed by atoms with Gasteiger partial charge in [0.15, 0.2) is 0 Å². The summed E-state index contributed by atoms with van der Waals surface area (Å²) < 4.78 is 37.7. The van der Waals surface area contributed by atoms with Gasteiger partial charge in [0.2, 0.25) is 15.9 Å². The molecule has 2 fully saturated rings. The molecule has 8 nitrogen and oxygen atoms in total. The summed E-state index contributed by atoms with van der Waals surface area (Å²) in [7, 11) is -0.240. The number of rotatable bonds is 8. The number of carbonyl (C=O) groups is 1. The van der Waals surface area contributed by atoms with Crippen LogP contribution in [0.4, 0.5) is 0 Å². The van der Waals surface area contributed by atoms with Crippen molar-refractivity contribution in [3.05, 3.63) is 42.1 Å². The van der Waals surface area contributed by atoms with Gasteiger partial charge in [0.1, 0.15) is 16.4 Å². The SMILES string of the molecule is COc1ccc(OC)c(C2CCCN2C(=O)CSc2ccc(S(=O)(=O)N3CCCC3)cn2)c1. The highest BCUT2D eigenvalue weighted by atomic mass is 32.2. The molecule has 1 unspecified atom stereocenters. The molecule has 33 heavy (non-hydrogen) atoms. The molecule has 0 radical (unpaired) electrons. The number of sulfonamides is 1. The van der Waals surface area contributed by atoms with Gasteiger partial charge in [0.05, 0.1) is 31.0 Å². The van der Waals surface area contributed by atoms with Crippen LogP contribution < -0.4 is 9.47 Å². The topological polar surface area (TPSA) is 89.0 Å². The first-order valence-electron chi connectivity index (χ1n) is 11.0. The lowest BCUT2D eigenvalue weighted by Crippen LogP contribution is -2.32. The Balaban J connectivity index is 1.41. The Morgan fingerprint density at radius 1 is 1.09 bits per heavy atom. The summed E-state index contributed by atoms with van der Waals surface area (Å²) in [5.74, 6) is 1.72. The van der Waals surface area contributed by atoms with E-state index in [0.29, 0.717) is 24.7 Å². The van der Waals surface area contributed by atoms with E-state index >= 15 is 0 Å². The number of amides is 1. The zero-order valence-corrected chi connectivity index (χ0v) is 20.5. The van der Waals surface area contributed by atoms with Gasteiger partial charge in [-0.05, 0) is 56.0 Å². The molecule has 10 heteroatoms. The van der Waals surface area contributed by atoms with Crippen LogP contribution in [0.5, 0.6) is 11.5 Å². The fraction of sp³-hybridized carbons (Fsp3) is 0.478. The maximum Gasteiger partial charge on any atom is 0.244 e. The summed E-state index contributed by atoms with van der Waals surface area (Å²) in [6.07, 6.45) is 4.95. The predicted octanol–water partition coefficient (Wildman–Crippen LogP) is 3.34. The van der Waals surface area contributed by atoms with E-state index in [-0.39, 0.29) is 22.6 Å². The Bertz CT molecular complexity index is 1090. The molecule has 0 N–H and O–H groups in total. The summed E-state index contributed by atoms with van der Waals surface area (Å²) in [5, 5.41) is 0.624. The van der Waals surface area contributed by atoms with Gasteiger partial charge in [-0.1, -0.05) is 11.8 Å². The van der Waals surface area contributed by atoms with Crippen molar-refractivity contribution in [1.82, 2.24) is 14.2 Å². The average molecular weight is 492 g/mol. The maximum atomic E-state index is 13.1. The van der Waals surface area contributed by atoms with Crippen LogP contribution in [-0.4, -0.2) is 68.1 Å². The molecule has 0 bridgehead atoms. The Hall–Kier alpha value is -2.30. The Morgan fingerprint density at radius 3 is 2.55 bits per heavy atom. The number of pyridine rings is 1. The minimum atomic E-state index is -3.49. The number of aromatic nitrogens is 1. The molecule has 1 atom stereocenters. The monoisotopic (exact) mass is 491 g/mol. The van der Waals surface area contributed by atoms with Crippen molar-refractivity contribution in [2.24, 2.45) is 0 Å². The van der Waals surface area contributed by atoms with Crippen molar-refractivity contribution in [2.45, 2.75) is 41.6 Å². The molecule has 1 aromatic carbocycles. The first kappa shape index (κ1) is 23.8. The number of thioether (sulfide) groups is 1. The van der Waals surface area contributed by atoms with E-state index in [9.17, 15) is 13.2 Å². The van der Waals surface area contributed by atoms with E-state index in [0.717, 1.165) is 42.7 Å². The highest BCUT2D eigenvalue weighted by molar-refractivity contribution is 7.99. The number of nitrogens with zero attached hydrogens (tertiary/aromatic N) is 3. The molecule has 1 amide bonds. The van der Waals surface area contributed by atoms with Crippen molar-refractivity contribution in [1.29, 1.82) is 0 Å². The van der Waals surface area contributed by atoms with E-state index < -0.39 is 10.0 Å². The van der Waals surface area contributed by atoms with Crippen LogP contribution in [0.15, 0.2) is 46.5 Å². The minimum absolute atomic E-state index is 0.0166. The quantitative estimate of drug-likeness (QED) is 0.523. The molecule has 4 rings (SSSR count). The second-order valence-corrected chi connectivity index (χ2v) is 11.0. The highest BCUT2D eigenvalue weighted by Gasteiger charge is 2.32. The molecular weight excluding hydrogens is 462 g/mol. The number of methoxy groups -OCH3 is 2. The van der Waals surface area contributed by atoms with Crippen LogP contribution >= 0.6 is 11.8 Å². The minimum Gasteiger partial charge on any atom is -0.497 e. The third kappa shape index (κ3) is 5.12. The number of ether oxygens (including phenoxy) is 2. The van der Waals surface area contributed by atoms with Gasteiger partial charge < -0.3 is 14.4 Å². The van der Waals surface area contributed by atoms with Gasteiger partial charge in [-0.3, -0.25) is 4.79 Å². The second kappa shape index (κ2) is 10.3. The smallest absolute Gasteiger partial charge is 0.244 e. The van der Waals surface area contributed by atoms with Crippen LogP contribution in [0.3, 0.4) is 0 Å². The molecule has 2 aliphatic heterocycles. The summed E-state index contributed by atoms with van der Waals surface area (Å²) >= 11 is 1.32. The lowest BCUT2D eigenvalue weighted by atomic mass is 10.0. The summed E-state index contributed by atoms with van der Waals surface area (Å²) in [4.78, 5) is 19.4. The third-order valence-corrected chi connectivity index (χ3v) is 8.94. The molecule has 178 valence electrons. The first-order chi connectivity index (χ1) is 15.9. The molecule has 2 aromatic rings. The van der Waals surface area contributed by atoms with Gasteiger partial charge >= 0.3 is 0 Å². The number of likely N-dealkylation sites (tertiary alicyclic amines) is 1. The van der Waals surface area contributed by atoms with Crippen LogP contribution in [0.25, 0.3) is 0 Å². The van der Waals surface area contributed by atoms with E-state index in [2.05, 4.69) is 4.98 Å². The van der Waals surface area contributed by atoms with Gasteiger partial charge in [-0.2, -0.15) is 4.31 Å². The van der Waals surface area contributed by atoms with E-state index in [4.69, 9.17) is 9.47 Å². The molecule has 3 heterocycles. The molecular formula is C23H29N3O5S2. The lowest BCUT2D eigenvalue weighted by Gasteiger charge is -2.26. The van der Waals surface area contributed by atoms with Crippen LogP contribution in [-0.2, 0) is 14.8 Å². The summed E-state index contributed by atoms with van der Waals surface area (Å²) in [6.45, 7) is 1.80. The van der Waals surface area contributed by atoms with Gasteiger partial charge in [-0.25, -0.2) is 13.4 Å². The molecule has 0 spiro atoms. The van der Waals surface area contributed by atoms with E-state index in [1.54, 1.807) is 26.4 Å². The normalized spacial score (nSPS) is 19.1. The van der Waals surface area contributed by atoms with Gasteiger partial charge in [0, 0.05) is 31.4 Å². The predicted molar refractivity (Wildman–Crippen MR) is 126 cm³/mol. The molecule has 0 aliphatic carbocycles. The molecule has 2 saturated heterocycles. The number of benzene rings is 1. The number of hydrogen-bond donors (Lipinski definition) is 0. The third-order valence-electron chi connectivity index (χ3n) is 6.12. The largest absolute Gasteiger partial charge is 0.497 e. The highest BCUT2D eigenvalue weighted by Crippen LogP contribution is 2.39. The fourth-order valence-corrected chi connectivity index (χ4v) is 6.58. The van der Waals surface area contributed by atoms with Crippen LogP contribution in [0.1, 0.15) is 37.3 Å². The van der Waals surface area contributed by atoms with Crippen molar-refractivity contribution in [3.63, 3.8) is 0 Å². The Morgan fingerprint density at radius 2 is 1.88 bits per heavy atom. The Kier molecular flexibility index (Phi) is 7.45. The Labute approximate surface area is 199 Å². The number of carbonyl (C=O) groups excluding carboxylic acids is 1. The van der Waals surface area contributed by atoms with Crippen molar-refractivity contribution >= 4 is 27.7 Å². The zero-order valence-electron chi connectivity index (χ0n) is 18.9. The van der Waals surface area contributed by atoms with Crippen molar-refractivity contribution in [2.75, 3.05) is 39.6 Å². The maximum absolute atomic E-state index is 13.1. The van der Waals surface area contributed by atoms with E-state index in [1.165, 1.54) is 22.3 Å². The van der Waals surface area contributed by atoms with E-state index in [1.807, 2.05) is 23.1 Å². The van der Waals surface area contributed by atoms with Gasteiger partial charge in [0.25, 0.3) is 0 Å². The zero-order chi connectivity index (χ0) is 23.4. The molecule has 0 saturated carbocycles. The lowest BCUT2D eigenvalue weighted by molar-refractivity contribution is -0.129. The second-order valence-electron chi connectivity index (χ2n) is 8.09. The molecule has 2 aliphatic rings. The van der Waals surface area contributed by atoms with Crippen LogP contribution in [0, 0.1) is 0 Å². The van der Waals surface area contributed by atoms with Crippen molar-refractivity contribution < 1.29 is 22.7 Å².